The van der Waals surface area contributed by atoms with Gasteiger partial charge in [-0.2, -0.15) is 0 Å². The summed E-state index contributed by atoms with van der Waals surface area (Å²) in [7, 11) is 0. The van der Waals surface area contributed by atoms with Crippen LogP contribution in [0.1, 0.15) is 147 Å². The molecule has 2 heterocycles. The third-order valence-electron chi connectivity index (χ3n) is 13.5. The minimum atomic E-state index is 0.160. The lowest BCUT2D eigenvalue weighted by Gasteiger charge is -2.36. The molecule has 1 aromatic carbocycles. The first-order chi connectivity index (χ1) is 22.9. The van der Waals surface area contributed by atoms with Crippen LogP contribution in [0.5, 0.6) is 0 Å². The molecule has 0 spiro atoms. The van der Waals surface area contributed by atoms with Crippen LogP contribution in [0.4, 0.5) is 0 Å². The number of hydrogen-bond donors (Lipinski definition) is 0. The molecule has 3 unspecified atom stereocenters. The Morgan fingerprint density at radius 3 is 2.49 bits per heavy atom. The number of dihydropyridines is 1. The van der Waals surface area contributed by atoms with E-state index in [1.54, 1.807) is 5.56 Å². The van der Waals surface area contributed by atoms with Crippen molar-refractivity contribution < 1.29 is 0 Å². The molecule has 6 aliphatic rings. The topological polar surface area (TPSA) is 24.7 Å². The van der Waals surface area contributed by atoms with Crippen molar-refractivity contribution in [2.24, 2.45) is 51.4 Å². The molecule has 252 valence electrons. The van der Waals surface area contributed by atoms with E-state index in [1.165, 1.54) is 142 Å². The molecule has 3 fully saturated rings. The van der Waals surface area contributed by atoms with Gasteiger partial charge in [-0.3, -0.25) is 9.98 Å². The lowest BCUT2D eigenvalue weighted by atomic mass is 9.69. The Morgan fingerprint density at radius 2 is 1.70 bits per heavy atom. The Balaban J connectivity index is 0.992. The van der Waals surface area contributed by atoms with Crippen LogP contribution < -0.4 is 0 Å². The van der Waals surface area contributed by atoms with Crippen LogP contribution in [0.25, 0.3) is 11.1 Å². The third-order valence-corrected chi connectivity index (χ3v) is 13.5. The highest BCUT2D eigenvalue weighted by molar-refractivity contribution is 6.00. The standard InChI is InChI=1S/C45H62N2/c1-5-30(2)11-12-34-23-35(24-34)25-40-26-38(43-20-18-39-21-31(3)28-47-45(39)43)17-19-42(40)41-27-44(46-29-41)37-15-13-33(14-16-37)22-32(4)36-9-7-6-8-10-36/h17-21,26,28-30,32-37,45H,5-16,22-25,27H2,1-4H3. The molecule has 2 aliphatic heterocycles. The van der Waals surface area contributed by atoms with Crippen LogP contribution in [-0.4, -0.2) is 18.0 Å². The molecule has 0 saturated heterocycles. The zero-order chi connectivity index (χ0) is 32.3. The van der Waals surface area contributed by atoms with Gasteiger partial charge in [0, 0.05) is 24.5 Å². The first-order valence-electron chi connectivity index (χ1n) is 20.0. The van der Waals surface area contributed by atoms with Crippen molar-refractivity contribution in [2.75, 3.05) is 0 Å². The molecule has 2 heteroatoms. The Kier molecular flexibility index (Phi) is 10.5. The monoisotopic (exact) mass is 630 g/mol. The van der Waals surface area contributed by atoms with Gasteiger partial charge in [-0.15, -0.1) is 0 Å². The summed E-state index contributed by atoms with van der Waals surface area (Å²) in [6, 6.07) is 7.54. The molecule has 2 nitrogen and oxygen atoms in total. The second kappa shape index (κ2) is 15.0. The van der Waals surface area contributed by atoms with Crippen molar-refractivity contribution in [2.45, 2.75) is 143 Å². The minimum Gasteiger partial charge on any atom is -0.280 e. The van der Waals surface area contributed by atoms with E-state index in [-0.39, 0.29) is 6.04 Å². The van der Waals surface area contributed by atoms with E-state index >= 15 is 0 Å². The molecule has 0 bridgehead atoms. The molecule has 47 heavy (non-hydrogen) atoms. The van der Waals surface area contributed by atoms with E-state index in [1.807, 2.05) is 0 Å². The SMILES string of the molecule is CCC(C)CCC1CC(Cc2cc(C3=CC=C4C=C(C)C=NC43)ccc2C2=CN=C(C3CCC(CC(C)C4CCCCC4)CC3)C2)C1. The Bertz CT molecular complexity index is 1440. The van der Waals surface area contributed by atoms with Gasteiger partial charge in [0.2, 0.25) is 0 Å². The fourth-order valence-corrected chi connectivity index (χ4v) is 10.2. The van der Waals surface area contributed by atoms with E-state index in [0.29, 0.717) is 5.92 Å². The van der Waals surface area contributed by atoms with Crippen LogP contribution in [-0.2, 0) is 6.42 Å². The van der Waals surface area contributed by atoms with Gasteiger partial charge >= 0.3 is 0 Å². The van der Waals surface area contributed by atoms with Crippen molar-refractivity contribution >= 4 is 23.1 Å². The van der Waals surface area contributed by atoms with Crippen LogP contribution in [0.3, 0.4) is 0 Å². The Hall–Kier alpha value is -2.48. The molecule has 0 radical (unpaired) electrons. The fourth-order valence-electron chi connectivity index (χ4n) is 10.2. The molecular weight excluding hydrogens is 569 g/mol. The second-order valence-corrected chi connectivity index (χ2v) is 17.0. The van der Waals surface area contributed by atoms with E-state index in [0.717, 1.165) is 41.9 Å². The van der Waals surface area contributed by atoms with Gasteiger partial charge in [-0.05, 0) is 139 Å². The van der Waals surface area contributed by atoms with Gasteiger partial charge in [0.05, 0.1) is 0 Å². The first-order valence-corrected chi connectivity index (χ1v) is 20.0. The van der Waals surface area contributed by atoms with Crippen molar-refractivity contribution in [1.82, 2.24) is 0 Å². The van der Waals surface area contributed by atoms with E-state index in [4.69, 9.17) is 9.98 Å². The summed E-state index contributed by atoms with van der Waals surface area (Å²) in [5.74, 6) is 6.21. The number of hydrogen-bond acceptors (Lipinski definition) is 2. The molecule has 0 amide bonds. The highest BCUT2D eigenvalue weighted by atomic mass is 14.8. The lowest BCUT2D eigenvalue weighted by molar-refractivity contribution is 0.171. The smallest absolute Gasteiger partial charge is 0.100 e. The summed E-state index contributed by atoms with van der Waals surface area (Å²) in [4.78, 5) is 10.1. The Morgan fingerprint density at radius 1 is 0.894 bits per heavy atom. The molecule has 7 rings (SSSR count). The summed E-state index contributed by atoms with van der Waals surface area (Å²) in [5, 5.41) is 0. The minimum absolute atomic E-state index is 0.160. The number of benzene rings is 1. The highest BCUT2D eigenvalue weighted by Crippen LogP contribution is 2.44. The van der Waals surface area contributed by atoms with Crippen molar-refractivity contribution in [1.29, 1.82) is 0 Å². The van der Waals surface area contributed by atoms with Gasteiger partial charge in [-0.1, -0.05) is 109 Å². The Labute approximate surface area is 287 Å². The molecule has 0 aromatic heterocycles. The number of fused-ring (bicyclic) bond motifs is 1. The van der Waals surface area contributed by atoms with E-state index in [9.17, 15) is 0 Å². The van der Waals surface area contributed by atoms with Gasteiger partial charge in [0.25, 0.3) is 0 Å². The number of allylic oxidation sites excluding steroid dienone is 4. The van der Waals surface area contributed by atoms with Gasteiger partial charge in [0.1, 0.15) is 6.04 Å². The zero-order valence-corrected chi connectivity index (χ0v) is 30.2. The maximum Gasteiger partial charge on any atom is 0.100 e. The molecular formula is C45H62N2. The second-order valence-electron chi connectivity index (χ2n) is 17.0. The molecule has 3 saturated carbocycles. The molecule has 1 aromatic rings. The van der Waals surface area contributed by atoms with Crippen LogP contribution >= 0.6 is 0 Å². The van der Waals surface area contributed by atoms with Crippen LogP contribution in [0, 0.1) is 41.4 Å². The fraction of sp³-hybridized carbons (Fsp3) is 0.644. The molecule has 0 N–H and O–H groups in total. The molecule has 3 atom stereocenters. The maximum absolute atomic E-state index is 5.16. The number of aliphatic imine (C=N–C) groups is 2. The van der Waals surface area contributed by atoms with E-state index < -0.39 is 0 Å². The van der Waals surface area contributed by atoms with Gasteiger partial charge in [0.15, 0.2) is 0 Å². The quantitative estimate of drug-likeness (QED) is 0.219. The lowest BCUT2D eigenvalue weighted by Crippen LogP contribution is -2.26. The van der Waals surface area contributed by atoms with Crippen molar-refractivity contribution in [3.05, 3.63) is 70.5 Å². The van der Waals surface area contributed by atoms with Crippen molar-refractivity contribution in [3.8, 4) is 0 Å². The maximum atomic E-state index is 5.16. The summed E-state index contributed by atoms with van der Waals surface area (Å²) in [6.45, 7) is 9.48. The highest BCUT2D eigenvalue weighted by Gasteiger charge is 2.33. The molecule has 4 aliphatic carbocycles. The van der Waals surface area contributed by atoms with Gasteiger partial charge < -0.3 is 0 Å². The summed E-state index contributed by atoms with van der Waals surface area (Å²) in [6.07, 6.45) is 34.9. The third kappa shape index (κ3) is 7.73. The summed E-state index contributed by atoms with van der Waals surface area (Å²) in [5.41, 5.74) is 11.3. The summed E-state index contributed by atoms with van der Waals surface area (Å²) < 4.78 is 0. The normalized spacial score (nSPS) is 30.5. The van der Waals surface area contributed by atoms with Crippen molar-refractivity contribution in [3.63, 3.8) is 0 Å². The average molecular weight is 631 g/mol. The largest absolute Gasteiger partial charge is 0.280 e. The average Bonchev–Trinajstić information content (AvgIpc) is 3.74. The number of rotatable bonds is 12. The van der Waals surface area contributed by atoms with Gasteiger partial charge in [-0.25, -0.2) is 0 Å². The number of nitrogens with zero attached hydrogens (tertiary/aromatic N) is 2. The van der Waals surface area contributed by atoms with Crippen LogP contribution in [0.15, 0.2) is 63.8 Å². The van der Waals surface area contributed by atoms with E-state index in [2.05, 4.69) is 76.5 Å². The predicted octanol–water partition coefficient (Wildman–Crippen LogP) is 12.4. The first kappa shape index (κ1) is 33.0. The van der Waals surface area contributed by atoms with Crippen LogP contribution in [0.2, 0.25) is 0 Å². The zero-order valence-electron chi connectivity index (χ0n) is 30.2. The summed E-state index contributed by atoms with van der Waals surface area (Å²) >= 11 is 0. The predicted molar refractivity (Wildman–Crippen MR) is 203 cm³/mol.